The molecular formula is C14H21FN2O2. The second-order valence-corrected chi connectivity index (χ2v) is 4.78. The Balaban J connectivity index is 1.90. The molecule has 0 radical (unpaired) electrons. The Morgan fingerprint density at radius 3 is 3.05 bits per heavy atom. The summed E-state index contributed by atoms with van der Waals surface area (Å²) < 4.78 is 24.1. The van der Waals surface area contributed by atoms with Crippen molar-refractivity contribution >= 4 is 0 Å². The Morgan fingerprint density at radius 2 is 2.32 bits per heavy atom. The van der Waals surface area contributed by atoms with Gasteiger partial charge in [-0.25, -0.2) is 4.39 Å². The normalized spacial score (nSPS) is 17.6. The molecule has 2 rings (SSSR count). The lowest BCUT2D eigenvalue weighted by molar-refractivity contribution is 0.113. The fourth-order valence-electron chi connectivity index (χ4n) is 2.38. The maximum Gasteiger partial charge on any atom is 0.123 e. The molecule has 2 N–H and O–H groups in total. The summed E-state index contributed by atoms with van der Waals surface area (Å²) >= 11 is 0. The minimum absolute atomic E-state index is 0.0696. The number of hydrogen-bond donors (Lipinski definition) is 1. The molecule has 106 valence electrons. The standard InChI is InChI=1S/C14H21FN2O2/c1-18-7-6-17(5-4-16)10-13-9-11-8-12(15)2-3-14(11)19-13/h2-3,8,13H,4-7,9-10,16H2,1H3. The largest absolute Gasteiger partial charge is 0.488 e. The molecule has 0 aromatic heterocycles. The van der Waals surface area contributed by atoms with Crippen molar-refractivity contribution in [3.8, 4) is 5.75 Å². The van der Waals surface area contributed by atoms with Crippen molar-refractivity contribution in [1.29, 1.82) is 0 Å². The van der Waals surface area contributed by atoms with E-state index in [1.807, 2.05) is 0 Å². The minimum Gasteiger partial charge on any atom is -0.488 e. The summed E-state index contributed by atoms with van der Waals surface area (Å²) in [6.45, 7) is 3.72. The fraction of sp³-hybridized carbons (Fsp3) is 0.571. The van der Waals surface area contributed by atoms with Crippen LogP contribution in [0.1, 0.15) is 5.56 Å². The Morgan fingerprint density at radius 1 is 1.47 bits per heavy atom. The third-order valence-electron chi connectivity index (χ3n) is 3.28. The monoisotopic (exact) mass is 268 g/mol. The van der Waals surface area contributed by atoms with Crippen LogP contribution in [0.5, 0.6) is 5.75 Å². The van der Waals surface area contributed by atoms with Crippen LogP contribution in [0.2, 0.25) is 0 Å². The Labute approximate surface area is 113 Å². The zero-order valence-corrected chi connectivity index (χ0v) is 11.3. The van der Waals surface area contributed by atoms with Gasteiger partial charge >= 0.3 is 0 Å². The first kappa shape index (κ1) is 14.2. The quantitative estimate of drug-likeness (QED) is 0.802. The van der Waals surface area contributed by atoms with Crippen LogP contribution in [0.25, 0.3) is 0 Å². The SMILES string of the molecule is COCCN(CCN)CC1Cc2cc(F)ccc2O1. The van der Waals surface area contributed by atoms with Crippen LogP contribution in [0.15, 0.2) is 18.2 Å². The number of ether oxygens (including phenoxy) is 2. The number of hydrogen-bond acceptors (Lipinski definition) is 4. The summed E-state index contributed by atoms with van der Waals surface area (Å²) in [6, 6.07) is 4.69. The third kappa shape index (κ3) is 3.89. The van der Waals surface area contributed by atoms with Crippen LogP contribution in [-0.2, 0) is 11.2 Å². The Kier molecular flexibility index (Phi) is 5.13. The number of nitrogens with zero attached hydrogens (tertiary/aromatic N) is 1. The van der Waals surface area contributed by atoms with Gasteiger partial charge in [0.2, 0.25) is 0 Å². The van der Waals surface area contributed by atoms with Crippen molar-refractivity contribution < 1.29 is 13.9 Å². The highest BCUT2D eigenvalue weighted by molar-refractivity contribution is 5.37. The number of rotatable bonds is 7. The molecule has 0 spiro atoms. The van der Waals surface area contributed by atoms with E-state index in [0.29, 0.717) is 13.2 Å². The van der Waals surface area contributed by atoms with Crippen LogP contribution < -0.4 is 10.5 Å². The lowest BCUT2D eigenvalue weighted by atomic mass is 10.1. The molecule has 0 amide bonds. The molecule has 1 aliphatic rings. The highest BCUT2D eigenvalue weighted by Crippen LogP contribution is 2.29. The van der Waals surface area contributed by atoms with Gasteiger partial charge < -0.3 is 15.2 Å². The van der Waals surface area contributed by atoms with E-state index in [9.17, 15) is 4.39 Å². The van der Waals surface area contributed by atoms with E-state index in [1.54, 1.807) is 19.2 Å². The lowest BCUT2D eigenvalue weighted by Gasteiger charge is -2.24. The summed E-state index contributed by atoms with van der Waals surface area (Å²) in [5, 5.41) is 0. The average molecular weight is 268 g/mol. The van der Waals surface area contributed by atoms with Gasteiger partial charge in [0.25, 0.3) is 0 Å². The van der Waals surface area contributed by atoms with Gasteiger partial charge in [0.1, 0.15) is 17.7 Å². The second kappa shape index (κ2) is 6.84. The molecule has 1 aromatic rings. The van der Waals surface area contributed by atoms with Gasteiger partial charge in [0.05, 0.1) is 6.61 Å². The molecule has 1 heterocycles. The topological polar surface area (TPSA) is 47.7 Å². The van der Waals surface area contributed by atoms with E-state index >= 15 is 0 Å². The van der Waals surface area contributed by atoms with Crippen LogP contribution in [-0.4, -0.2) is 50.9 Å². The van der Waals surface area contributed by atoms with E-state index in [1.165, 1.54) is 6.07 Å². The molecule has 0 saturated heterocycles. The van der Waals surface area contributed by atoms with Crippen LogP contribution in [0, 0.1) is 5.82 Å². The maximum atomic E-state index is 13.1. The lowest BCUT2D eigenvalue weighted by Crippen LogP contribution is -2.39. The molecule has 0 saturated carbocycles. The van der Waals surface area contributed by atoms with E-state index < -0.39 is 0 Å². The van der Waals surface area contributed by atoms with Crippen molar-refractivity contribution in [3.05, 3.63) is 29.6 Å². The predicted octanol–water partition coefficient (Wildman–Crippen LogP) is 1.04. The zero-order chi connectivity index (χ0) is 13.7. The van der Waals surface area contributed by atoms with Crippen molar-refractivity contribution in [1.82, 2.24) is 4.90 Å². The van der Waals surface area contributed by atoms with Crippen LogP contribution >= 0.6 is 0 Å². The summed E-state index contributed by atoms with van der Waals surface area (Å²) in [4.78, 5) is 2.22. The second-order valence-electron chi connectivity index (χ2n) is 4.78. The van der Waals surface area contributed by atoms with Crippen LogP contribution in [0.3, 0.4) is 0 Å². The van der Waals surface area contributed by atoms with Gasteiger partial charge in [0.15, 0.2) is 0 Å². The fourth-order valence-corrected chi connectivity index (χ4v) is 2.38. The number of fused-ring (bicyclic) bond motifs is 1. The summed E-state index contributed by atoms with van der Waals surface area (Å²) in [7, 11) is 1.69. The van der Waals surface area contributed by atoms with Gasteiger partial charge in [-0.05, 0) is 18.2 Å². The predicted molar refractivity (Wildman–Crippen MR) is 71.9 cm³/mol. The van der Waals surface area contributed by atoms with Crippen molar-refractivity contribution in [2.45, 2.75) is 12.5 Å². The molecular weight excluding hydrogens is 247 g/mol. The van der Waals surface area contributed by atoms with Crippen molar-refractivity contribution in [3.63, 3.8) is 0 Å². The van der Waals surface area contributed by atoms with Gasteiger partial charge in [-0.3, -0.25) is 4.90 Å². The molecule has 5 heteroatoms. The minimum atomic E-state index is -0.207. The zero-order valence-electron chi connectivity index (χ0n) is 11.3. The first-order valence-electron chi connectivity index (χ1n) is 6.59. The molecule has 0 fully saturated rings. The van der Waals surface area contributed by atoms with E-state index in [4.69, 9.17) is 15.2 Å². The average Bonchev–Trinajstić information content (AvgIpc) is 2.77. The molecule has 1 unspecified atom stereocenters. The van der Waals surface area contributed by atoms with Gasteiger partial charge in [-0.2, -0.15) is 0 Å². The molecule has 0 aliphatic carbocycles. The molecule has 1 aromatic carbocycles. The molecule has 1 atom stereocenters. The first-order valence-corrected chi connectivity index (χ1v) is 6.59. The Hall–Kier alpha value is -1.17. The number of methoxy groups -OCH3 is 1. The van der Waals surface area contributed by atoms with E-state index in [0.717, 1.165) is 37.4 Å². The van der Waals surface area contributed by atoms with Crippen molar-refractivity contribution in [2.75, 3.05) is 39.9 Å². The number of nitrogens with two attached hydrogens (primary N) is 1. The number of benzene rings is 1. The van der Waals surface area contributed by atoms with Gasteiger partial charge in [0, 0.05) is 45.3 Å². The highest BCUT2D eigenvalue weighted by atomic mass is 19.1. The van der Waals surface area contributed by atoms with E-state index in [-0.39, 0.29) is 11.9 Å². The molecule has 19 heavy (non-hydrogen) atoms. The van der Waals surface area contributed by atoms with E-state index in [2.05, 4.69) is 4.90 Å². The van der Waals surface area contributed by atoms with Crippen LogP contribution in [0.4, 0.5) is 4.39 Å². The molecule has 0 bridgehead atoms. The summed E-state index contributed by atoms with van der Waals surface area (Å²) in [5.41, 5.74) is 6.56. The van der Waals surface area contributed by atoms with Crippen molar-refractivity contribution in [2.24, 2.45) is 5.73 Å². The summed E-state index contributed by atoms with van der Waals surface area (Å²) in [5.74, 6) is 0.590. The maximum absolute atomic E-state index is 13.1. The molecule has 1 aliphatic heterocycles. The Bertz CT molecular complexity index is 414. The van der Waals surface area contributed by atoms with Gasteiger partial charge in [-0.15, -0.1) is 0 Å². The molecule has 4 nitrogen and oxygen atoms in total. The van der Waals surface area contributed by atoms with Gasteiger partial charge in [-0.1, -0.05) is 0 Å². The first-order chi connectivity index (χ1) is 9.22. The summed E-state index contributed by atoms with van der Waals surface area (Å²) in [6.07, 6.45) is 0.821. The smallest absolute Gasteiger partial charge is 0.123 e. The third-order valence-corrected chi connectivity index (χ3v) is 3.28. The number of halogens is 1. The highest BCUT2D eigenvalue weighted by Gasteiger charge is 2.25.